The van der Waals surface area contributed by atoms with Gasteiger partial charge in [-0.2, -0.15) is 22.0 Å². The van der Waals surface area contributed by atoms with E-state index in [0.29, 0.717) is 23.3 Å². The Kier molecular flexibility index (Phi) is 6.50. The summed E-state index contributed by atoms with van der Waals surface area (Å²) < 4.78 is 69.1. The van der Waals surface area contributed by atoms with Crippen molar-refractivity contribution in [1.29, 1.82) is 0 Å². The van der Waals surface area contributed by atoms with Crippen molar-refractivity contribution in [2.75, 3.05) is 0 Å². The van der Waals surface area contributed by atoms with Crippen molar-refractivity contribution in [1.82, 2.24) is 15.5 Å². The fourth-order valence-electron chi connectivity index (χ4n) is 4.18. The predicted molar refractivity (Wildman–Crippen MR) is 115 cm³/mol. The molecule has 2 aromatic carbocycles. The number of benzene rings is 2. The number of nitrogens with one attached hydrogen (secondary N) is 2. The van der Waals surface area contributed by atoms with E-state index in [0.717, 1.165) is 6.07 Å². The summed E-state index contributed by atoms with van der Waals surface area (Å²) in [5.74, 6) is -7.93. The summed E-state index contributed by atoms with van der Waals surface area (Å²) in [6, 6.07) is 5.04. The maximum atomic E-state index is 14.7. The van der Waals surface area contributed by atoms with Crippen LogP contribution in [0.2, 0.25) is 5.02 Å². The Bertz CT molecular complexity index is 1280. The molecule has 2 N–H and O–H groups in total. The Morgan fingerprint density at radius 2 is 1.78 bits per heavy atom. The van der Waals surface area contributed by atoms with Crippen LogP contribution < -0.4 is 10.6 Å². The summed E-state index contributed by atoms with van der Waals surface area (Å²) in [5.41, 5.74) is -2.20. The molecule has 0 aromatic heterocycles. The van der Waals surface area contributed by atoms with Crippen LogP contribution in [0.4, 0.5) is 22.0 Å². The number of halogens is 6. The first-order chi connectivity index (χ1) is 16.8. The van der Waals surface area contributed by atoms with Gasteiger partial charge in [-0.15, -0.1) is 0 Å². The number of piperidine rings is 1. The zero-order valence-corrected chi connectivity index (χ0v) is 19.0. The SMILES string of the molecule is O=C1CCC(N2Cc3cc(CNC(=O)C(F)(F)c4ccc(Cl)cc4C(F)(F)F)ccc3C2=O)C(=O)N1. The molecule has 2 aliphatic rings. The fourth-order valence-corrected chi connectivity index (χ4v) is 4.35. The number of amides is 4. The lowest BCUT2D eigenvalue weighted by Crippen LogP contribution is -2.52. The van der Waals surface area contributed by atoms with Crippen molar-refractivity contribution in [2.45, 2.75) is 44.1 Å². The van der Waals surface area contributed by atoms with Crippen LogP contribution in [-0.2, 0) is 39.6 Å². The number of nitrogens with zero attached hydrogens (tertiary/aromatic N) is 1. The van der Waals surface area contributed by atoms with Gasteiger partial charge >= 0.3 is 12.1 Å². The Hall–Kier alpha value is -3.54. The molecule has 4 amide bonds. The molecule has 2 heterocycles. The van der Waals surface area contributed by atoms with Crippen molar-refractivity contribution >= 4 is 35.2 Å². The molecular formula is C23H17ClF5N3O4. The van der Waals surface area contributed by atoms with Crippen LogP contribution in [0.1, 0.15) is 45.5 Å². The zero-order chi connectivity index (χ0) is 26.4. The van der Waals surface area contributed by atoms with Crippen molar-refractivity contribution in [3.63, 3.8) is 0 Å². The molecule has 0 spiro atoms. The summed E-state index contributed by atoms with van der Waals surface area (Å²) in [6.45, 7) is -0.429. The quantitative estimate of drug-likeness (QED) is 0.458. The molecule has 7 nitrogen and oxygen atoms in total. The van der Waals surface area contributed by atoms with Crippen LogP contribution in [0.5, 0.6) is 0 Å². The highest BCUT2D eigenvalue weighted by atomic mass is 35.5. The molecule has 1 saturated heterocycles. The molecular weight excluding hydrogens is 513 g/mol. The Balaban J connectivity index is 1.48. The molecule has 190 valence electrons. The number of alkyl halides is 5. The smallest absolute Gasteiger partial charge is 0.346 e. The third-order valence-electron chi connectivity index (χ3n) is 5.95. The van der Waals surface area contributed by atoms with Crippen LogP contribution in [0, 0.1) is 0 Å². The van der Waals surface area contributed by atoms with Crippen molar-refractivity contribution in [2.24, 2.45) is 0 Å². The average Bonchev–Trinajstić information content (AvgIpc) is 3.12. The van der Waals surface area contributed by atoms with Gasteiger partial charge in [0.1, 0.15) is 6.04 Å². The molecule has 0 saturated carbocycles. The number of carbonyl (C=O) groups excluding carboxylic acids is 4. The molecule has 13 heteroatoms. The molecule has 2 aliphatic heterocycles. The van der Waals surface area contributed by atoms with E-state index in [2.05, 4.69) is 5.32 Å². The number of rotatable bonds is 5. The summed E-state index contributed by atoms with van der Waals surface area (Å²) in [7, 11) is 0. The summed E-state index contributed by atoms with van der Waals surface area (Å²) in [5, 5.41) is 3.69. The maximum absolute atomic E-state index is 14.7. The third-order valence-corrected chi connectivity index (χ3v) is 6.19. The highest BCUT2D eigenvalue weighted by Crippen LogP contribution is 2.41. The van der Waals surface area contributed by atoms with Gasteiger partial charge in [0.15, 0.2) is 0 Å². The van der Waals surface area contributed by atoms with Gasteiger partial charge < -0.3 is 10.2 Å². The van der Waals surface area contributed by atoms with Gasteiger partial charge in [-0.1, -0.05) is 29.8 Å². The molecule has 1 atom stereocenters. The standard InChI is InChI=1S/C23H17ClF5N3O4/c24-13-2-4-15(16(8-13)23(27,28)29)22(25,26)21(36)30-9-11-1-3-14-12(7-11)10-32(20(14)35)17-5-6-18(33)31-19(17)34/h1-4,7-8,17H,5-6,9-10H2,(H,30,36)(H,31,33,34). The second kappa shape index (κ2) is 9.16. The fraction of sp³-hybridized carbons (Fsp3) is 0.304. The van der Waals surface area contributed by atoms with E-state index >= 15 is 0 Å². The molecule has 0 radical (unpaired) electrons. The highest BCUT2D eigenvalue weighted by molar-refractivity contribution is 6.30. The van der Waals surface area contributed by atoms with Gasteiger partial charge in [0, 0.05) is 35.7 Å². The molecule has 0 bridgehead atoms. The lowest BCUT2D eigenvalue weighted by Gasteiger charge is -2.29. The summed E-state index contributed by atoms with van der Waals surface area (Å²) in [6.07, 6.45) is -4.93. The van der Waals surface area contributed by atoms with Crippen LogP contribution in [-0.4, -0.2) is 34.6 Å². The summed E-state index contributed by atoms with van der Waals surface area (Å²) in [4.78, 5) is 49.7. The van der Waals surface area contributed by atoms with E-state index in [9.17, 15) is 41.1 Å². The number of carbonyl (C=O) groups is 4. The topological polar surface area (TPSA) is 95.6 Å². The lowest BCUT2D eigenvalue weighted by molar-refractivity contribution is -0.153. The monoisotopic (exact) mass is 529 g/mol. The van der Waals surface area contributed by atoms with Gasteiger partial charge in [-0.25, -0.2) is 0 Å². The largest absolute Gasteiger partial charge is 0.416 e. The minimum absolute atomic E-state index is 0.0259. The normalized spacial score (nSPS) is 18.2. The first-order valence-electron chi connectivity index (χ1n) is 10.6. The minimum atomic E-state index is -5.16. The van der Waals surface area contributed by atoms with Gasteiger partial charge in [0.2, 0.25) is 11.8 Å². The second-order valence-corrected chi connectivity index (χ2v) is 8.77. The molecule has 1 fully saturated rings. The Morgan fingerprint density at radius 1 is 1.06 bits per heavy atom. The third kappa shape index (κ3) is 4.77. The van der Waals surface area contributed by atoms with Crippen molar-refractivity contribution < 1.29 is 41.1 Å². The molecule has 0 aliphatic carbocycles. The number of hydrogen-bond acceptors (Lipinski definition) is 4. The number of imide groups is 1. The van der Waals surface area contributed by atoms with Gasteiger partial charge in [-0.05, 0) is 35.7 Å². The predicted octanol–water partition coefficient (Wildman–Crippen LogP) is 3.53. The van der Waals surface area contributed by atoms with E-state index in [4.69, 9.17) is 11.6 Å². The molecule has 2 aromatic rings. The number of hydrogen-bond donors (Lipinski definition) is 2. The van der Waals surface area contributed by atoms with Crippen molar-refractivity contribution in [3.05, 3.63) is 69.2 Å². The summed E-state index contributed by atoms with van der Waals surface area (Å²) >= 11 is 5.51. The van der Waals surface area contributed by atoms with Crippen LogP contribution >= 0.6 is 11.6 Å². The maximum Gasteiger partial charge on any atom is 0.416 e. The van der Waals surface area contributed by atoms with E-state index in [-0.39, 0.29) is 24.9 Å². The number of fused-ring (bicyclic) bond motifs is 1. The Morgan fingerprint density at radius 3 is 2.44 bits per heavy atom. The van der Waals surface area contributed by atoms with Crippen molar-refractivity contribution in [3.8, 4) is 0 Å². The van der Waals surface area contributed by atoms with Gasteiger partial charge in [0.05, 0.1) is 5.56 Å². The lowest BCUT2D eigenvalue weighted by atomic mass is 10.00. The van der Waals surface area contributed by atoms with Crippen LogP contribution in [0.15, 0.2) is 36.4 Å². The van der Waals surface area contributed by atoms with Crippen LogP contribution in [0.3, 0.4) is 0 Å². The van der Waals surface area contributed by atoms with E-state index in [1.165, 1.54) is 23.1 Å². The zero-order valence-electron chi connectivity index (χ0n) is 18.2. The van der Waals surface area contributed by atoms with E-state index < -0.39 is 64.5 Å². The minimum Gasteiger partial charge on any atom is -0.346 e. The average molecular weight is 530 g/mol. The van der Waals surface area contributed by atoms with E-state index in [1.54, 1.807) is 0 Å². The molecule has 36 heavy (non-hydrogen) atoms. The molecule has 1 unspecified atom stereocenters. The second-order valence-electron chi connectivity index (χ2n) is 8.34. The van der Waals surface area contributed by atoms with Gasteiger partial charge in [0.25, 0.3) is 11.8 Å². The molecule has 4 rings (SSSR count). The first kappa shape index (κ1) is 25.5. The van der Waals surface area contributed by atoms with Gasteiger partial charge in [-0.3, -0.25) is 24.5 Å². The first-order valence-corrected chi connectivity index (χ1v) is 11.0. The highest BCUT2D eigenvalue weighted by Gasteiger charge is 2.48. The van der Waals surface area contributed by atoms with E-state index in [1.807, 2.05) is 5.32 Å². The Labute approximate surface area is 205 Å². The van der Waals surface area contributed by atoms with Crippen LogP contribution in [0.25, 0.3) is 0 Å².